The molecule has 0 unspecified atom stereocenters. The van der Waals surface area contributed by atoms with Crippen LogP contribution in [0.25, 0.3) is 6.08 Å². The predicted molar refractivity (Wildman–Crippen MR) is 113 cm³/mol. The van der Waals surface area contributed by atoms with Gasteiger partial charge in [-0.15, -0.1) is 0 Å². The first-order chi connectivity index (χ1) is 13.8. The zero-order valence-corrected chi connectivity index (χ0v) is 17.0. The van der Waals surface area contributed by atoms with Gasteiger partial charge < -0.3 is 5.32 Å². The lowest BCUT2D eigenvalue weighted by atomic mass is 10.2. The molecule has 0 saturated carbocycles. The average Bonchev–Trinajstić information content (AvgIpc) is 2.68. The van der Waals surface area contributed by atoms with E-state index in [0.29, 0.717) is 21.3 Å². The highest BCUT2D eigenvalue weighted by Gasteiger charge is 2.15. The monoisotopic (exact) mass is 448 g/mol. The van der Waals surface area contributed by atoms with E-state index in [4.69, 9.17) is 23.2 Å². The molecule has 0 saturated heterocycles. The maximum atomic E-state index is 12.3. The number of hydrogen-bond donors (Lipinski definition) is 2. The first-order valence-electron chi connectivity index (χ1n) is 8.18. The van der Waals surface area contributed by atoms with Crippen LogP contribution in [0.1, 0.15) is 5.56 Å². The molecule has 1 aromatic heterocycles. The van der Waals surface area contributed by atoms with E-state index in [1.807, 2.05) is 0 Å². The maximum absolute atomic E-state index is 12.3. The number of nitrogens with one attached hydrogen (secondary N) is 2. The summed E-state index contributed by atoms with van der Waals surface area (Å²) < 4.78 is 27.0. The number of nitrogens with zero attached hydrogens (tertiary/aromatic N) is 2. The van der Waals surface area contributed by atoms with Gasteiger partial charge in [0.25, 0.3) is 10.0 Å². The molecule has 3 rings (SSSR count). The Morgan fingerprint density at radius 1 is 0.931 bits per heavy atom. The summed E-state index contributed by atoms with van der Waals surface area (Å²) in [6.07, 6.45) is 5.63. The van der Waals surface area contributed by atoms with Crippen molar-refractivity contribution in [3.05, 3.63) is 82.6 Å². The fraction of sp³-hybridized carbons (Fsp3) is 0. The van der Waals surface area contributed by atoms with Crippen molar-refractivity contribution in [3.63, 3.8) is 0 Å². The summed E-state index contributed by atoms with van der Waals surface area (Å²) in [6, 6.07) is 12.3. The Morgan fingerprint density at radius 2 is 1.55 bits per heavy atom. The summed E-state index contributed by atoms with van der Waals surface area (Å²) in [7, 11) is -3.85. The van der Waals surface area contributed by atoms with Crippen molar-refractivity contribution in [2.75, 3.05) is 10.0 Å². The van der Waals surface area contributed by atoms with Gasteiger partial charge in [0.05, 0.1) is 4.90 Å². The number of amides is 1. The molecule has 1 amide bonds. The van der Waals surface area contributed by atoms with E-state index in [-0.39, 0.29) is 10.8 Å². The lowest BCUT2D eigenvalue weighted by molar-refractivity contribution is -0.111. The molecule has 0 spiro atoms. The summed E-state index contributed by atoms with van der Waals surface area (Å²) in [4.78, 5) is 19.7. The van der Waals surface area contributed by atoms with Crippen LogP contribution >= 0.6 is 23.2 Å². The van der Waals surface area contributed by atoms with Crippen molar-refractivity contribution >= 4 is 56.8 Å². The van der Waals surface area contributed by atoms with Gasteiger partial charge in [-0.3, -0.25) is 4.79 Å². The number of aromatic nitrogens is 2. The third kappa shape index (κ3) is 5.54. The van der Waals surface area contributed by atoms with E-state index in [1.165, 1.54) is 48.8 Å². The van der Waals surface area contributed by atoms with Crippen molar-refractivity contribution in [2.45, 2.75) is 4.90 Å². The van der Waals surface area contributed by atoms with Crippen LogP contribution in [0.3, 0.4) is 0 Å². The highest BCUT2D eigenvalue weighted by atomic mass is 35.5. The van der Waals surface area contributed by atoms with Crippen LogP contribution in [0.4, 0.5) is 11.6 Å². The lowest BCUT2D eigenvalue weighted by Gasteiger charge is -2.07. The van der Waals surface area contributed by atoms with Gasteiger partial charge in [0.1, 0.15) is 0 Å². The minimum absolute atomic E-state index is 0.00124. The maximum Gasteiger partial charge on any atom is 0.264 e. The molecule has 1 heterocycles. The van der Waals surface area contributed by atoms with Gasteiger partial charge in [-0.05, 0) is 48.5 Å². The highest BCUT2D eigenvalue weighted by molar-refractivity contribution is 7.92. The zero-order valence-electron chi connectivity index (χ0n) is 14.7. The number of sulfonamides is 1. The fourth-order valence-electron chi connectivity index (χ4n) is 2.26. The van der Waals surface area contributed by atoms with Crippen molar-refractivity contribution < 1.29 is 13.2 Å². The van der Waals surface area contributed by atoms with Crippen LogP contribution in [0, 0.1) is 0 Å². The van der Waals surface area contributed by atoms with Gasteiger partial charge in [0.15, 0.2) is 0 Å². The van der Waals surface area contributed by atoms with Crippen LogP contribution < -0.4 is 10.0 Å². The Balaban J connectivity index is 1.67. The van der Waals surface area contributed by atoms with E-state index in [0.717, 1.165) is 0 Å². The second-order valence-electron chi connectivity index (χ2n) is 5.66. The number of anilines is 2. The molecule has 2 N–H and O–H groups in total. The number of rotatable bonds is 6. The lowest BCUT2D eigenvalue weighted by Crippen LogP contribution is -2.15. The number of carbonyl (C=O) groups is 1. The first kappa shape index (κ1) is 20.8. The van der Waals surface area contributed by atoms with Crippen molar-refractivity contribution in [1.29, 1.82) is 0 Å². The molecule has 148 valence electrons. The summed E-state index contributed by atoms with van der Waals surface area (Å²) in [5.74, 6) is -0.458. The second-order valence-corrected chi connectivity index (χ2v) is 8.16. The number of hydrogen-bond acceptors (Lipinski definition) is 5. The summed E-state index contributed by atoms with van der Waals surface area (Å²) in [6.45, 7) is 0. The molecular weight excluding hydrogens is 435 g/mol. The van der Waals surface area contributed by atoms with Crippen molar-refractivity contribution in [3.8, 4) is 0 Å². The van der Waals surface area contributed by atoms with Crippen LogP contribution in [-0.4, -0.2) is 24.3 Å². The van der Waals surface area contributed by atoms with Gasteiger partial charge in [0, 0.05) is 39.8 Å². The van der Waals surface area contributed by atoms with Gasteiger partial charge in [0.2, 0.25) is 11.9 Å². The van der Waals surface area contributed by atoms with E-state index in [1.54, 1.807) is 24.3 Å². The molecule has 10 heteroatoms. The highest BCUT2D eigenvalue weighted by Crippen LogP contribution is 2.25. The first-order valence-corrected chi connectivity index (χ1v) is 10.4. The van der Waals surface area contributed by atoms with E-state index < -0.39 is 15.9 Å². The Labute approximate surface area is 177 Å². The summed E-state index contributed by atoms with van der Waals surface area (Å²) >= 11 is 12.1. The molecule has 0 aliphatic rings. The number of benzene rings is 2. The van der Waals surface area contributed by atoms with Crippen LogP contribution in [0.5, 0.6) is 0 Å². The summed E-state index contributed by atoms with van der Waals surface area (Å²) in [5, 5.41) is 3.47. The van der Waals surface area contributed by atoms with Crippen LogP contribution in [0.15, 0.2) is 71.9 Å². The molecule has 29 heavy (non-hydrogen) atoms. The largest absolute Gasteiger partial charge is 0.323 e. The molecule has 7 nitrogen and oxygen atoms in total. The smallest absolute Gasteiger partial charge is 0.264 e. The molecule has 0 fully saturated rings. The SMILES string of the molecule is O=C(/C=C\c1c(Cl)cccc1Cl)Nc1ccc(S(=O)(=O)Nc2ncccn2)cc1. The van der Waals surface area contributed by atoms with Crippen molar-refractivity contribution in [2.24, 2.45) is 0 Å². The number of halogens is 2. The third-order valence-electron chi connectivity index (χ3n) is 3.62. The van der Waals surface area contributed by atoms with Gasteiger partial charge in [-0.25, -0.2) is 23.1 Å². The van der Waals surface area contributed by atoms with Crippen LogP contribution in [0.2, 0.25) is 10.0 Å². The average molecular weight is 449 g/mol. The Morgan fingerprint density at radius 3 is 2.17 bits per heavy atom. The van der Waals surface area contributed by atoms with Gasteiger partial charge in [-0.1, -0.05) is 29.3 Å². The zero-order chi connectivity index (χ0) is 20.9. The Hall–Kier alpha value is -2.94. The minimum Gasteiger partial charge on any atom is -0.323 e. The standard InChI is InChI=1S/C19H14Cl2N4O3S/c20-16-3-1-4-17(21)15(16)9-10-18(26)24-13-5-7-14(8-6-13)29(27,28)25-19-22-11-2-12-23-19/h1-12H,(H,24,26)(H,22,23,25)/b10-9-. The molecule has 0 atom stereocenters. The van der Waals surface area contributed by atoms with E-state index in [9.17, 15) is 13.2 Å². The summed E-state index contributed by atoms with van der Waals surface area (Å²) in [5.41, 5.74) is 0.946. The Bertz CT molecular complexity index is 1130. The number of carbonyl (C=O) groups excluding carboxylic acids is 1. The van der Waals surface area contributed by atoms with Gasteiger partial charge in [-0.2, -0.15) is 0 Å². The minimum atomic E-state index is -3.85. The normalized spacial score (nSPS) is 11.4. The fourth-order valence-corrected chi connectivity index (χ4v) is 3.74. The molecular formula is C19H14Cl2N4O3S. The Kier molecular flexibility index (Phi) is 6.48. The topological polar surface area (TPSA) is 101 Å². The molecule has 0 radical (unpaired) electrons. The second kappa shape index (κ2) is 9.04. The molecule has 0 aliphatic carbocycles. The van der Waals surface area contributed by atoms with E-state index in [2.05, 4.69) is 20.0 Å². The van der Waals surface area contributed by atoms with E-state index >= 15 is 0 Å². The van der Waals surface area contributed by atoms with Gasteiger partial charge >= 0.3 is 0 Å². The quantitative estimate of drug-likeness (QED) is 0.549. The third-order valence-corrected chi connectivity index (χ3v) is 5.63. The molecule has 0 bridgehead atoms. The molecule has 3 aromatic rings. The van der Waals surface area contributed by atoms with Crippen molar-refractivity contribution in [1.82, 2.24) is 9.97 Å². The van der Waals surface area contributed by atoms with Crippen LogP contribution in [-0.2, 0) is 14.8 Å². The predicted octanol–water partition coefficient (Wildman–Crippen LogP) is 4.24. The molecule has 0 aliphatic heterocycles. The molecule has 2 aromatic carbocycles.